The molecular weight excluding hydrogens is 522 g/mol. The molecule has 9 nitrogen and oxygen atoms in total. The molecule has 2 N–H and O–H groups in total. The van der Waals surface area contributed by atoms with Crippen LogP contribution in [-0.2, 0) is 28.7 Å². The van der Waals surface area contributed by atoms with Gasteiger partial charge in [0.25, 0.3) is 5.91 Å². The number of nitrogens with one attached hydrogen (secondary N) is 2. The number of allylic oxidation sites excluding steroid dienone is 1. The Morgan fingerprint density at radius 1 is 1.12 bits per heavy atom. The number of rotatable bonds is 14. The number of hydrogen-bond acceptors (Lipinski definition) is 6. The molecule has 2 saturated carbocycles. The van der Waals surface area contributed by atoms with Gasteiger partial charge in [0.2, 0.25) is 17.6 Å². The van der Waals surface area contributed by atoms with Crippen molar-refractivity contribution >= 4 is 29.5 Å². The average Bonchev–Trinajstić information content (AvgIpc) is 3.25. The number of piperidine rings is 1. The summed E-state index contributed by atoms with van der Waals surface area (Å²) in [5.41, 5.74) is -0.665. The lowest BCUT2D eigenvalue weighted by atomic mass is 9.80. The number of ketones is 1. The quantitative estimate of drug-likeness (QED) is 0.184. The summed E-state index contributed by atoms with van der Waals surface area (Å²) in [5.74, 6) is -2.02. The minimum absolute atomic E-state index is 0.0184. The zero-order valence-electron chi connectivity index (χ0n) is 25.9. The van der Waals surface area contributed by atoms with E-state index >= 15 is 0 Å². The van der Waals surface area contributed by atoms with Gasteiger partial charge in [-0.2, -0.15) is 0 Å². The smallest absolute Gasteiger partial charge is 0.308 e. The molecule has 0 aromatic heterocycles. The first kappa shape index (κ1) is 32.8. The summed E-state index contributed by atoms with van der Waals surface area (Å²) in [7, 11) is 0. The Kier molecular flexibility index (Phi) is 10.8. The second kappa shape index (κ2) is 13.5. The third-order valence-electron chi connectivity index (χ3n) is 9.88. The first-order valence-electron chi connectivity index (χ1n) is 15.5. The summed E-state index contributed by atoms with van der Waals surface area (Å²) in [5, 5.41) is 5.32. The van der Waals surface area contributed by atoms with E-state index in [4.69, 9.17) is 4.74 Å². The highest BCUT2D eigenvalue weighted by Crippen LogP contribution is 2.65. The molecule has 3 fully saturated rings. The van der Waals surface area contributed by atoms with E-state index in [2.05, 4.69) is 31.1 Å². The molecule has 0 spiro atoms. The van der Waals surface area contributed by atoms with E-state index in [-0.39, 0.29) is 54.4 Å². The molecule has 1 saturated heterocycles. The second-order valence-corrected chi connectivity index (χ2v) is 13.5. The number of carbonyl (C=O) groups is 5. The molecule has 0 aromatic rings. The third kappa shape index (κ3) is 7.77. The monoisotopic (exact) mass is 573 g/mol. The Labute approximate surface area is 245 Å². The summed E-state index contributed by atoms with van der Waals surface area (Å²) in [6.07, 6.45) is 8.41. The van der Waals surface area contributed by atoms with Crippen LogP contribution in [0.15, 0.2) is 12.7 Å². The van der Waals surface area contributed by atoms with Crippen LogP contribution in [0.3, 0.4) is 0 Å². The number of hydrogen-bond donors (Lipinski definition) is 2. The van der Waals surface area contributed by atoms with Crippen molar-refractivity contribution in [1.29, 1.82) is 0 Å². The first-order chi connectivity index (χ1) is 19.2. The van der Waals surface area contributed by atoms with Gasteiger partial charge in [0, 0.05) is 19.0 Å². The maximum Gasteiger partial charge on any atom is 0.308 e. The third-order valence-corrected chi connectivity index (χ3v) is 9.88. The Morgan fingerprint density at radius 2 is 1.78 bits per heavy atom. The van der Waals surface area contributed by atoms with Gasteiger partial charge in [0.15, 0.2) is 0 Å². The van der Waals surface area contributed by atoms with E-state index in [1.165, 1.54) is 6.42 Å². The molecule has 0 aromatic carbocycles. The van der Waals surface area contributed by atoms with Gasteiger partial charge in [0.1, 0.15) is 11.6 Å². The van der Waals surface area contributed by atoms with E-state index in [1.807, 2.05) is 13.8 Å². The van der Waals surface area contributed by atoms with Crippen LogP contribution in [-0.4, -0.2) is 65.1 Å². The lowest BCUT2D eigenvalue weighted by Crippen LogP contribution is -2.56. The van der Waals surface area contributed by atoms with Crippen molar-refractivity contribution < 1.29 is 28.7 Å². The van der Waals surface area contributed by atoms with E-state index in [0.717, 1.165) is 25.7 Å². The number of Topliss-reactive ketones (excluding diaryl/α,β-unsaturated/α-hetero) is 1. The molecule has 5 atom stereocenters. The van der Waals surface area contributed by atoms with Crippen molar-refractivity contribution in [2.75, 3.05) is 13.1 Å². The van der Waals surface area contributed by atoms with E-state index in [9.17, 15) is 24.0 Å². The van der Waals surface area contributed by atoms with Crippen LogP contribution >= 0.6 is 0 Å². The Balaban J connectivity index is 1.65. The number of nitrogens with zero attached hydrogens (tertiary/aromatic N) is 1. The van der Waals surface area contributed by atoms with E-state index in [1.54, 1.807) is 24.8 Å². The Hall–Kier alpha value is -2.71. The van der Waals surface area contributed by atoms with Crippen molar-refractivity contribution in [3.63, 3.8) is 0 Å². The number of ether oxygens (including phenoxy) is 1. The molecule has 1 heterocycles. The van der Waals surface area contributed by atoms with Gasteiger partial charge in [-0.1, -0.05) is 53.0 Å². The minimum atomic E-state index is -1.06. The van der Waals surface area contributed by atoms with Crippen LogP contribution < -0.4 is 10.6 Å². The molecule has 0 bridgehead atoms. The number of esters is 1. The molecule has 3 aliphatic rings. The van der Waals surface area contributed by atoms with Crippen LogP contribution in [0.4, 0.5) is 0 Å². The lowest BCUT2D eigenvalue weighted by molar-refractivity contribution is -0.156. The zero-order chi connectivity index (χ0) is 30.5. The Morgan fingerprint density at radius 3 is 2.39 bits per heavy atom. The molecule has 9 heteroatoms. The highest BCUT2D eigenvalue weighted by molar-refractivity contribution is 6.38. The summed E-state index contributed by atoms with van der Waals surface area (Å²) < 4.78 is 5.38. The molecule has 3 amide bonds. The van der Waals surface area contributed by atoms with Gasteiger partial charge < -0.3 is 20.3 Å². The van der Waals surface area contributed by atoms with Crippen LogP contribution in [0.1, 0.15) is 99.3 Å². The largest absolute Gasteiger partial charge is 0.460 e. The predicted octanol–water partition coefficient (Wildman–Crippen LogP) is 3.94. The summed E-state index contributed by atoms with van der Waals surface area (Å²) in [4.78, 5) is 67.2. The van der Waals surface area contributed by atoms with Crippen LogP contribution in [0.5, 0.6) is 0 Å². The number of carbonyl (C=O) groups excluding carboxylic acids is 5. The molecule has 0 radical (unpaired) electrons. The van der Waals surface area contributed by atoms with Gasteiger partial charge in [-0.3, -0.25) is 24.0 Å². The minimum Gasteiger partial charge on any atom is -0.460 e. The molecule has 1 aliphatic heterocycles. The van der Waals surface area contributed by atoms with Gasteiger partial charge in [-0.25, -0.2) is 0 Å². The normalized spacial score (nSPS) is 24.9. The zero-order valence-corrected chi connectivity index (χ0v) is 25.9. The van der Waals surface area contributed by atoms with E-state index < -0.39 is 35.3 Å². The summed E-state index contributed by atoms with van der Waals surface area (Å²) >= 11 is 0. The second-order valence-electron chi connectivity index (χ2n) is 13.5. The van der Waals surface area contributed by atoms with Crippen molar-refractivity contribution in [3.05, 3.63) is 12.7 Å². The predicted molar refractivity (Wildman–Crippen MR) is 156 cm³/mol. The fourth-order valence-electron chi connectivity index (χ4n) is 6.68. The summed E-state index contributed by atoms with van der Waals surface area (Å²) in [6.45, 7) is 16.0. The van der Waals surface area contributed by atoms with Crippen LogP contribution in [0.2, 0.25) is 0 Å². The molecule has 2 aliphatic carbocycles. The van der Waals surface area contributed by atoms with Crippen molar-refractivity contribution in [3.8, 4) is 0 Å². The lowest BCUT2D eigenvalue weighted by Gasteiger charge is -2.35. The van der Waals surface area contributed by atoms with E-state index in [0.29, 0.717) is 25.3 Å². The maximum atomic E-state index is 13.8. The van der Waals surface area contributed by atoms with Gasteiger partial charge >= 0.3 is 5.97 Å². The highest BCUT2D eigenvalue weighted by atomic mass is 16.6. The average molecular weight is 574 g/mol. The highest BCUT2D eigenvalue weighted by Gasteiger charge is 2.69. The fourth-order valence-corrected chi connectivity index (χ4v) is 6.68. The van der Waals surface area contributed by atoms with Crippen molar-refractivity contribution in [1.82, 2.24) is 15.5 Å². The van der Waals surface area contributed by atoms with Crippen LogP contribution in [0.25, 0.3) is 0 Å². The summed E-state index contributed by atoms with van der Waals surface area (Å²) in [6, 6.07) is -1.72. The molecule has 230 valence electrons. The van der Waals surface area contributed by atoms with Crippen molar-refractivity contribution in [2.24, 2.45) is 29.1 Å². The fraction of sp³-hybridized carbons (Fsp3) is 0.781. The SMILES string of the molecule is C=CCC[C@H](NC(=O)[C@@H]1[C@@H]2[C@H](CN1C(=O)[C@@H](C)C1CCCCC1)C2(C)C)C(=O)C(=O)NCCC(=O)OC(C)(C)CC. The molecule has 3 rings (SSSR count). The first-order valence-corrected chi connectivity index (χ1v) is 15.5. The number of likely N-dealkylation sites (tertiary alicyclic amines) is 1. The molecular formula is C32H51N3O6. The van der Waals surface area contributed by atoms with Crippen LogP contribution in [0, 0.1) is 29.1 Å². The van der Waals surface area contributed by atoms with Gasteiger partial charge in [0.05, 0.1) is 12.5 Å². The standard InChI is InChI=1S/C32H51N3O6/c1-8-10-16-23(27(37)29(39)33-18-17-24(36)41-31(4,5)9-2)34-28(38)26-25-22(32(25,6)7)19-35(26)30(40)20(3)21-14-12-11-13-15-21/h8,20-23,25-26H,1,9-19H2,2-7H3,(H,33,39)(H,34,38)/t20-,22-,23-,25-,26-/m0/s1. The Bertz CT molecular complexity index is 1010. The molecule has 41 heavy (non-hydrogen) atoms. The molecule has 0 unspecified atom stereocenters. The number of amides is 3. The number of fused-ring (bicyclic) bond motifs is 1. The van der Waals surface area contributed by atoms with Crippen molar-refractivity contribution in [2.45, 2.75) is 117 Å². The van der Waals surface area contributed by atoms with Gasteiger partial charge in [-0.05, 0) is 69.1 Å². The van der Waals surface area contributed by atoms with Gasteiger partial charge in [-0.15, -0.1) is 6.58 Å². The maximum absolute atomic E-state index is 13.8. The topological polar surface area (TPSA) is 122 Å².